The molecule has 3 N–H and O–H groups in total. The largest absolute Gasteiger partial charge is 0.394 e. The summed E-state index contributed by atoms with van der Waals surface area (Å²) >= 11 is 4.10. The molecule has 1 aromatic carbocycles. The van der Waals surface area contributed by atoms with Gasteiger partial charge >= 0.3 is 0 Å². The van der Waals surface area contributed by atoms with Crippen molar-refractivity contribution in [3.05, 3.63) is 36.3 Å². The number of aliphatic hydroxyl groups is 3. The van der Waals surface area contributed by atoms with Gasteiger partial charge in [0.25, 0.3) is 0 Å². The SMILES string of the molecule is OC[C@H]1O[C@@H](S)[C@H](O)[C@@H](n2cc(-c3cccc(F)c3)nn2)[C@H]1O. The molecular formula is C14H16FN3O4S. The van der Waals surface area contributed by atoms with E-state index in [1.165, 1.54) is 23.0 Å². The van der Waals surface area contributed by atoms with Crippen LogP contribution in [-0.2, 0) is 4.74 Å². The van der Waals surface area contributed by atoms with E-state index in [1.54, 1.807) is 12.1 Å². The van der Waals surface area contributed by atoms with Gasteiger partial charge < -0.3 is 20.1 Å². The van der Waals surface area contributed by atoms with E-state index in [9.17, 15) is 19.7 Å². The Morgan fingerprint density at radius 2 is 2.09 bits per heavy atom. The summed E-state index contributed by atoms with van der Waals surface area (Å²) in [5.74, 6) is -0.404. The number of ether oxygens (including phenoxy) is 1. The van der Waals surface area contributed by atoms with Crippen molar-refractivity contribution in [1.29, 1.82) is 0 Å². The first kappa shape index (κ1) is 16.3. The number of aliphatic hydroxyl groups excluding tert-OH is 3. The Balaban J connectivity index is 1.92. The molecule has 1 aromatic heterocycles. The Morgan fingerprint density at radius 1 is 1.30 bits per heavy atom. The third-order valence-electron chi connectivity index (χ3n) is 3.80. The zero-order valence-corrected chi connectivity index (χ0v) is 12.8. The van der Waals surface area contributed by atoms with E-state index in [0.29, 0.717) is 11.3 Å². The zero-order chi connectivity index (χ0) is 16.6. The molecule has 1 fully saturated rings. The van der Waals surface area contributed by atoms with Gasteiger partial charge in [0.1, 0.15) is 41.3 Å². The minimum absolute atomic E-state index is 0.395. The van der Waals surface area contributed by atoms with E-state index >= 15 is 0 Å². The lowest BCUT2D eigenvalue weighted by Crippen LogP contribution is -2.54. The monoisotopic (exact) mass is 341 g/mol. The number of thiol groups is 1. The molecule has 1 aliphatic heterocycles. The van der Waals surface area contributed by atoms with Crippen LogP contribution in [0.5, 0.6) is 0 Å². The summed E-state index contributed by atoms with van der Waals surface area (Å²) in [7, 11) is 0. The molecule has 23 heavy (non-hydrogen) atoms. The smallest absolute Gasteiger partial charge is 0.129 e. The normalized spacial score (nSPS) is 31.3. The standard InChI is InChI=1S/C14H16FN3O4S/c15-8-3-1-2-7(4-8)9-5-18(17-16-9)11-12(20)10(6-19)22-14(23)13(11)21/h1-5,10-14,19-21,23H,6H2/t10-,11+,12+,13-,14+/m1/s1. The Morgan fingerprint density at radius 3 is 2.78 bits per heavy atom. The summed E-state index contributed by atoms with van der Waals surface area (Å²) < 4.78 is 19.8. The van der Waals surface area contributed by atoms with Crippen LogP contribution < -0.4 is 0 Å². The van der Waals surface area contributed by atoms with Crippen molar-refractivity contribution in [3.63, 3.8) is 0 Å². The summed E-state index contributed by atoms with van der Waals surface area (Å²) in [5, 5.41) is 37.6. The van der Waals surface area contributed by atoms with Gasteiger partial charge in [0.15, 0.2) is 0 Å². The highest BCUT2D eigenvalue weighted by Gasteiger charge is 2.44. The summed E-state index contributed by atoms with van der Waals surface area (Å²) in [6.45, 7) is -0.424. The molecule has 0 amide bonds. The van der Waals surface area contributed by atoms with Crippen molar-refractivity contribution in [3.8, 4) is 11.3 Å². The third kappa shape index (κ3) is 3.10. The average Bonchev–Trinajstić information content (AvgIpc) is 3.01. The molecule has 7 nitrogen and oxygen atoms in total. The Hall–Kier alpha value is -1.52. The first-order valence-corrected chi connectivity index (χ1v) is 7.51. The van der Waals surface area contributed by atoms with Gasteiger partial charge in [0.05, 0.1) is 12.8 Å². The van der Waals surface area contributed by atoms with Gasteiger partial charge in [-0.2, -0.15) is 0 Å². The van der Waals surface area contributed by atoms with Gasteiger partial charge in [-0.1, -0.05) is 17.3 Å². The molecule has 2 aromatic rings. The highest BCUT2D eigenvalue weighted by molar-refractivity contribution is 7.80. The van der Waals surface area contributed by atoms with Gasteiger partial charge in [-0.25, -0.2) is 9.07 Å². The van der Waals surface area contributed by atoms with Crippen molar-refractivity contribution in [2.75, 3.05) is 6.61 Å². The fourth-order valence-corrected chi connectivity index (χ4v) is 2.93. The minimum atomic E-state index is -1.19. The van der Waals surface area contributed by atoms with Gasteiger partial charge in [0, 0.05) is 5.56 Å². The van der Waals surface area contributed by atoms with E-state index in [-0.39, 0.29) is 0 Å². The van der Waals surface area contributed by atoms with Gasteiger partial charge in [0.2, 0.25) is 0 Å². The highest BCUT2D eigenvalue weighted by atomic mass is 32.1. The molecule has 0 unspecified atom stereocenters. The van der Waals surface area contributed by atoms with Gasteiger partial charge in [-0.3, -0.25) is 0 Å². The summed E-state index contributed by atoms with van der Waals surface area (Å²) in [6.07, 6.45) is -1.75. The number of aromatic nitrogens is 3. The lowest BCUT2D eigenvalue weighted by molar-refractivity contribution is -0.178. The number of hydrogen-bond acceptors (Lipinski definition) is 7. The maximum atomic E-state index is 13.3. The van der Waals surface area contributed by atoms with Crippen LogP contribution in [0.4, 0.5) is 4.39 Å². The predicted octanol–water partition coefficient (Wildman–Crippen LogP) is -0.00590. The van der Waals surface area contributed by atoms with Gasteiger partial charge in [-0.15, -0.1) is 17.7 Å². The summed E-state index contributed by atoms with van der Waals surface area (Å²) in [6, 6.07) is 4.96. The molecule has 2 heterocycles. The molecule has 1 aliphatic rings. The average molecular weight is 341 g/mol. The summed E-state index contributed by atoms with van der Waals surface area (Å²) in [4.78, 5) is 0. The third-order valence-corrected chi connectivity index (χ3v) is 4.23. The molecule has 124 valence electrons. The topological polar surface area (TPSA) is 101 Å². The number of rotatable bonds is 3. The predicted molar refractivity (Wildman–Crippen MR) is 81.2 cm³/mol. The molecule has 0 spiro atoms. The maximum absolute atomic E-state index is 13.3. The quantitative estimate of drug-likeness (QED) is 0.586. The molecule has 9 heteroatoms. The zero-order valence-electron chi connectivity index (χ0n) is 11.9. The van der Waals surface area contributed by atoms with E-state index in [2.05, 4.69) is 22.9 Å². The molecule has 0 aliphatic carbocycles. The minimum Gasteiger partial charge on any atom is -0.394 e. The van der Waals surface area contributed by atoms with E-state index in [4.69, 9.17) is 4.74 Å². The maximum Gasteiger partial charge on any atom is 0.129 e. The van der Waals surface area contributed by atoms with Gasteiger partial charge in [-0.05, 0) is 12.1 Å². The van der Waals surface area contributed by atoms with Crippen LogP contribution in [0, 0.1) is 5.82 Å². The molecule has 3 rings (SSSR count). The van der Waals surface area contributed by atoms with E-state index in [0.717, 1.165) is 0 Å². The lowest BCUT2D eigenvalue weighted by atomic mass is 9.97. The second-order valence-corrected chi connectivity index (χ2v) is 5.82. The Kier molecular flexibility index (Phi) is 4.64. The van der Waals surface area contributed by atoms with Crippen LogP contribution in [0.25, 0.3) is 11.3 Å². The van der Waals surface area contributed by atoms with Crippen LogP contribution in [0.1, 0.15) is 6.04 Å². The van der Waals surface area contributed by atoms with E-state index in [1.807, 2.05) is 0 Å². The first-order valence-electron chi connectivity index (χ1n) is 6.99. The van der Waals surface area contributed by atoms with Crippen molar-refractivity contribution < 1.29 is 24.4 Å². The van der Waals surface area contributed by atoms with Crippen molar-refractivity contribution in [2.24, 2.45) is 0 Å². The Labute approximate surface area is 136 Å². The van der Waals surface area contributed by atoms with Crippen LogP contribution in [0.3, 0.4) is 0 Å². The lowest BCUT2D eigenvalue weighted by Gasteiger charge is -2.40. The van der Waals surface area contributed by atoms with Crippen molar-refractivity contribution in [1.82, 2.24) is 15.0 Å². The first-order chi connectivity index (χ1) is 11.0. The van der Waals surface area contributed by atoms with Crippen molar-refractivity contribution in [2.45, 2.75) is 29.8 Å². The summed E-state index contributed by atoms with van der Waals surface area (Å²) in [5.41, 5.74) is 0.0300. The number of benzene rings is 1. The second kappa shape index (κ2) is 6.54. The van der Waals surface area contributed by atoms with Crippen molar-refractivity contribution >= 4 is 12.6 Å². The van der Waals surface area contributed by atoms with E-state index < -0.39 is 42.2 Å². The van der Waals surface area contributed by atoms with Crippen LogP contribution >= 0.6 is 12.6 Å². The number of nitrogens with zero attached hydrogens (tertiary/aromatic N) is 3. The molecule has 0 saturated carbocycles. The highest BCUT2D eigenvalue weighted by Crippen LogP contribution is 2.32. The second-order valence-electron chi connectivity index (χ2n) is 5.31. The fourth-order valence-electron chi connectivity index (χ4n) is 2.60. The van der Waals surface area contributed by atoms with Crippen LogP contribution in [0.15, 0.2) is 30.5 Å². The molecule has 0 bridgehead atoms. The molecule has 5 atom stereocenters. The fraction of sp³-hybridized carbons (Fsp3) is 0.429. The number of halogens is 1. The van der Waals surface area contributed by atoms with Crippen LogP contribution in [-0.4, -0.2) is 60.7 Å². The molecular weight excluding hydrogens is 325 g/mol. The molecule has 1 saturated heterocycles. The molecule has 0 radical (unpaired) electrons. The Bertz CT molecular complexity index is 686. The number of hydrogen-bond donors (Lipinski definition) is 4. The van der Waals surface area contributed by atoms with Crippen LogP contribution in [0.2, 0.25) is 0 Å².